The predicted molar refractivity (Wildman–Crippen MR) is 106 cm³/mol. The zero-order valence-electron chi connectivity index (χ0n) is 17.5. The Balaban J connectivity index is 2.07. The third-order valence-electron chi connectivity index (χ3n) is 4.37. The number of hydrogen-bond donors (Lipinski definition) is 1. The van der Waals surface area contributed by atoms with E-state index < -0.39 is 17.7 Å². The molecule has 1 fully saturated rings. The highest BCUT2D eigenvalue weighted by molar-refractivity contribution is 5.85. The van der Waals surface area contributed by atoms with E-state index in [4.69, 9.17) is 14.2 Å². The second-order valence-corrected chi connectivity index (χ2v) is 8.07. The van der Waals surface area contributed by atoms with Crippen molar-refractivity contribution in [3.8, 4) is 5.75 Å². The lowest BCUT2D eigenvalue weighted by atomic mass is 10.1. The quantitative estimate of drug-likeness (QED) is 0.771. The zero-order valence-corrected chi connectivity index (χ0v) is 17.5. The van der Waals surface area contributed by atoms with Gasteiger partial charge in [-0.05, 0) is 58.2 Å². The average Bonchev–Trinajstić information content (AvgIpc) is 3.12. The van der Waals surface area contributed by atoms with Crippen LogP contribution in [-0.4, -0.2) is 54.9 Å². The summed E-state index contributed by atoms with van der Waals surface area (Å²) in [6.07, 6.45) is 1.34. The van der Waals surface area contributed by atoms with Gasteiger partial charge in [-0.15, -0.1) is 0 Å². The molecular formula is C21H32N2O5. The summed E-state index contributed by atoms with van der Waals surface area (Å²) in [6.45, 7) is 8.63. The number of alkyl carbamates (subject to hydrolysis) is 1. The number of rotatable bonds is 7. The molecule has 156 valence electrons. The maximum atomic E-state index is 13.1. The van der Waals surface area contributed by atoms with Gasteiger partial charge in [0.1, 0.15) is 17.4 Å². The first kappa shape index (κ1) is 22.0. The fourth-order valence-electron chi connectivity index (χ4n) is 3.08. The van der Waals surface area contributed by atoms with Gasteiger partial charge in [-0.1, -0.05) is 12.1 Å². The number of nitrogens with one attached hydrogen (secondary N) is 1. The molecule has 1 aliphatic heterocycles. The molecule has 7 heteroatoms. The van der Waals surface area contributed by atoms with E-state index in [1.165, 1.54) is 0 Å². The second-order valence-electron chi connectivity index (χ2n) is 8.07. The van der Waals surface area contributed by atoms with Crippen molar-refractivity contribution in [3.63, 3.8) is 0 Å². The van der Waals surface area contributed by atoms with Crippen LogP contribution in [0.3, 0.4) is 0 Å². The van der Waals surface area contributed by atoms with Crippen LogP contribution in [0.5, 0.6) is 5.75 Å². The molecular weight excluding hydrogens is 360 g/mol. The normalized spacial score (nSPS) is 17.7. The van der Waals surface area contributed by atoms with E-state index in [9.17, 15) is 9.59 Å². The zero-order chi connectivity index (χ0) is 20.7. The van der Waals surface area contributed by atoms with E-state index in [2.05, 4.69) is 5.32 Å². The van der Waals surface area contributed by atoms with Crippen LogP contribution in [0.15, 0.2) is 24.3 Å². The minimum atomic E-state index is -0.707. The van der Waals surface area contributed by atoms with E-state index in [0.29, 0.717) is 13.1 Å². The van der Waals surface area contributed by atoms with Crippen molar-refractivity contribution in [1.82, 2.24) is 10.2 Å². The molecule has 2 rings (SSSR count). The summed E-state index contributed by atoms with van der Waals surface area (Å²) in [5.74, 6) is 0.561. The van der Waals surface area contributed by atoms with Gasteiger partial charge < -0.3 is 24.4 Å². The first-order chi connectivity index (χ1) is 13.2. The molecule has 1 aromatic carbocycles. The Bertz CT molecular complexity index is 665. The molecule has 0 aromatic heterocycles. The molecule has 2 amide bonds. The SMILES string of the molecule is COc1cccc(CN(CC2CCCO2)C(=O)C(C)NC(=O)OC(C)(C)C)c1. The molecule has 28 heavy (non-hydrogen) atoms. The maximum Gasteiger partial charge on any atom is 0.408 e. The van der Waals surface area contributed by atoms with Crippen molar-refractivity contribution in [2.24, 2.45) is 0 Å². The Morgan fingerprint density at radius 1 is 1.36 bits per heavy atom. The number of benzene rings is 1. The molecule has 1 N–H and O–H groups in total. The van der Waals surface area contributed by atoms with Crippen LogP contribution in [0.2, 0.25) is 0 Å². The minimum Gasteiger partial charge on any atom is -0.497 e. The van der Waals surface area contributed by atoms with Gasteiger partial charge in [-0.2, -0.15) is 0 Å². The first-order valence-corrected chi connectivity index (χ1v) is 9.71. The molecule has 1 aromatic rings. The molecule has 0 spiro atoms. The van der Waals surface area contributed by atoms with E-state index in [-0.39, 0.29) is 12.0 Å². The molecule has 2 unspecified atom stereocenters. The second kappa shape index (κ2) is 9.78. The lowest BCUT2D eigenvalue weighted by Gasteiger charge is -2.29. The fraction of sp³-hybridized carbons (Fsp3) is 0.619. The van der Waals surface area contributed by atoms with Gasteiger partial charge in [0.2, 0.25) is 5.91 Å². The summed E-state index contributed by atoms with van der Waals surface area (Å²) in [7, 11) is 1.61. The van der Waals surface area contributed by atoms with Crippen LogP contribution in [0.4, 0.5) is 4.79 Å². The first-order valence-electron chi connectivity index (χ1n) is 9.71. The molecule has 0 aliphatic carbocycles. The number of hydrogen-bond acceptors (Lipinski definition) is 5. The Hall–Kier alpha value is -2.28. The highest BCUT2D eigenvalue weighted by Crippen LogP contribution is 2.18. The van der Waals surface area contributed by atoms with Crippen molar-refractivity contribution >= 4 is 12.0 Å². The van der Waals surface area contributed by atoms with Crippen molar-refractivity contribution in [1.29, 1.82) is 0 Å². The average molecular weight is 392 g/mol. The number of methoxy groups -OCH3 is 1. The number of carbonyl (C=O) groups is 2. The molecule has 0 radical (unpaired) electrons. The number of ether oxygens (including phenoxy) is 3. The van der Waals surface area contributed by atoms with E-state index in [1.807, 2.05) is 24.3 Å². The van der Waals surface area contributed by atoms with Crippen LogP contribution < -0.4 is 10.1 Å². The third-order valence-corrected chi connectivity index (χ3v) is 4.37. The Morgan fingerprint density at radius 2 is 2.11 bits per heavy atom. The standard InChI is InChI=1S/C21H32N2O5/c1-15(22-20(25)28-21(2,3)4)19(24)23(14-18-10-7-11-27-18)13-16-8-6-9-17(12-16)26-5/h6,8-9,12,15,18H,7,10-11,13-14H2,1-5H3,(H,22,25). The number of amides is 2. The molecule has 7 nitrogen and oxygen atoms in total. The van der Waals surface area contributed by atoms with Crippen molar-refractivity contribution in [3.05, 3.63) is 29.8 Å². The van der Waals surface area contributed by atoms with Gasteiger partial charge in [0, 0.05) is 19.7 Å². The summed E-state index contributed by atoms with van der Waals surface area (Å²) < 4.78 is 16.2. The monoisotopic (exact) mass is 392 g/mol. The van der Waals surface area contributed by atoms with E-state index >= 15 is 0 Å². The molecule has 0 bridgehead atoms. The van der Waals surface area contributed by atoms with Gasteiger partial charge in [-0.25, -0.2) is 4.79 Å². The highest BCUT2D eigenvalue weighted by Gasteiger charge is 2.28. The topological polar surface area (TPSA) is 77.1 Å². The molecule has 0 saturated carbocycles. The van der Waals surface area contributed by atoms with Crippen LogP contribution >= 0.6 is 0 Å². The Labute approximate surface area is 167 Å². The van der Waals surface area contributed by atoms with Crippen LogP contribution in [0.1, 0.15) is 46.1 Å². The smallest absolute Gasteiger partial charge is 0.408 e. The Kier molecular flexibility index (Phi) is 7.69. The molecule has 1 saturated heterocycles. The summed E-state index contributed by atoms with van der Waals surface area (Å²) in [5, 5.41) is 2.63. The van der Waals surface area contributed by atoms with E-state index in [0.717, 1.165) is 30.8 Å². The third kappa shape index (κ3) is 7.03. The summed E-state index contributed by atoms with van der Waals surface area (Å²) in [4.78, 5) is 26.8. The lowest BCUT2D eigenvalue weighted by molar-refractivity contribution is -0.135. The molecule has 1 heterocycles. The summed E-state index contributed by atoms with van der Waals surface area (Å²) in [6, 6.07) is 6.90. The maximum absolute atomic E-state index is 13.1. The lowest BCUT2D eigenvalue weighted by Crippen LogP contribution is -2.49. The fourth-order valence-corrected chi connectivity index (χ4v) is 3.08. The van der Waals surface area contributed by atoms with Crippen molar-refractivity contribution in [2.45, 2.75) is 64.8 Å². The van der Waals surface area contributed by atoms with Gasteiger partial charge in [0.25, 0.3) is 0 Å². The number of nitrogens with zero attached hydrogens (tertiary/aromatic N) is 1. The minimum absolute atomic E-state index is 0.0169. The van der Waals surface area contributed by atoms with Gasteiger partial charge in [-0.3, -0.25) is 4.79 Å². The molecule has 1 aliphatic rings. The summed E-state index contributed by atoms with van der Waals surface area (Å²) >= 11 is 0. The van der Waals surface area contributed by atoms with Crippen molar-refractivity contribution in [2.75, 3.05) is 20.3 Å². The highest BCUT2D eigenvalue weighted by atomic mass is 16.6. The van der Waals surface area contributed by atoms with Crippen LogP contribution in [-0.2, 0) is 20.8 Å². The largest absolute Gasteiger partial charge is 0.497 e. The number of carbonyl (C=O) groups excluding carboxylic acids is 2. The van der Waals surface area contributed by atoms with Gasteiger partial charge in [0.15, 0.2) is 0 Å². The Morgan fingerprint density at radius 3 is 2.71 bits per heavy atom. The predicted octanol–water partition coefficient (Wildman–Crippen LogP) is 3.12. The van der Waals surface area contributed by atoms with Crippen LogP contribution in [0.25, 0.3) is 0 Å². The molecule has 2 atom stereocenters. The van der Waals surface area contributed by atoms with Gasteiger partial charge >= 0.3 is 6.09 Å². The van der Waals surface area contributed by atoms with Gasteiger partial charge in [0.05, 0.1) is 13.2 Å². The summed E-state index contributed by atoms with van der Waals surface area (Å²) in [5.41, 5.74) is 0.334. The van der Waals surface area contributed by atoms with E-state index in [1.54, 1.807) is 39.7 Å². The van der Waals surface area contributed by atoms with Crippen molar-refractivity contribution < 1.29 is 23.8 Å². The van der Waals surface area contributed by atoms with Crippen LogP contribution in [0, 0.1) is 0 Å².